The Labute approximate surface area is 115 Å². The molecule has 18 heavy (non-hydrogen) atoms. The number of hydrogen-bond donors (Lipinski definition) is 1. The van der Waals surface area contributed by atoms with Gasteiger partial charge in [0.2, 0.25) is 5.91 Å². The largest absolute Gasteiger partial charge is 0.376 e. The molecule has 1 aliphatic heterocycles. The number of ether oxygens (including phenoxy) is 1. The highest BCUT2D eigenvalue weighted by Crippen LogP contribution is 2.16. The summed E-state index contributed by atoms with van der Waals surface area (Å²) in [6, 6.07) is 0.0549. The van der Waals surface area contributed by atoms with Crippen LogP contribution in [-0.4, -0.2) is 34.4 Å². The Kier molecular flexibility index (Phi) is 4.40. The van der Waals surface area contributed by atoms with E-state index in [0.717, 1.165) is 29.6 Å². The zero-order chi connectivity index (χ0) is 13.1. The second kappa shape index (κ2) is 5.84. The molecule has 1 saturated heterocycles. The van der Waals surface area contributed by atoms with Crippen LogP contribution in [0, 0.1) is 6.92 Å². The minimum atomic E-state index is -0.0308. The van der Waals surface area contributed by atoms with Crippen molar-refractivity contribution in [2.45, 2.75) is 45.4 Å². The van der Waals surface area contributed by atoms with Crippen molar-refractivity contribution in [2.24, 2.45) is 0 Å². The molecule has 5 nitrogen and oxygen atoms in total. The van der Waals surface area contributed by atoms with Crippen LogP contribution in [0.15, 0.2) is 10.7 Å². The SMILES string of the molecule is Cc1c(Br)cnn1CC(=O)N[C@@H](C)[C@@H]1CCCO1. The highest BCUT2D eigenvalue weighted by Gasteiger charge is 2.23. The maximum absolute atomic E-state index is 11.9. The van der Waals surface area contributed by atoms with Gasteiger partial charge in [-0.05, 0) is 42.6 Å². The van der Waals surface area contributed by atoms with Gasteiger partial charge in [-0.2, -0.15) is 5.10 Å². The molecule has 6 heteroatoms. The molecule has 0 unspecified atom stereocenters. The maximum Gasteiger partial charge on any atom is 0.242 e. The summed E-state index contributed by atoms with van der Waals surface area (Å²) in [4.78, 5) is 11.9. The summed E-state index contributed by atoms with van der Waals surface area (Å²) >= 11 is 3.38. The summed E-state index contributed by atoms with van der Waals surface area (Å²) in [6.07, 6.45) is 3.95. The van der Waals surface area contributed by atoms with Gasteiger partial charge in [-0.1, -0.05) is 0 Å². The molecule has 1 amide bonds. The topological polar surface area (TPSA) is 56.2 Å². The Balaban J connectivity index is 1.86. The molecule has 0 bridgehead atoms. The molecule has 0 aliphatic carbocycles. The van der Waals surface area contributed by atoms with Gasteiger partial charge in [0.05, 0.1) is 28.5 Å². The van der Waals surface area contributed by atoms with Crippen LogP contribution in [0.4, 0.5) is 0 Å². The predicted molar refractivity (Wildman–Crippen MR) is 71.2 cm³/mol. The number of nitrogens with one attached hydrogen (secondary N) is 1. The first-order valence-electron chi connectivity index (χ1n) is 6.17. The Morgan fingerprint density at radius 1 is 1.78 bits per heavy atom. The molecule has 0 aromatic carbocycles. The van der Waals surface area contributed by atoms with Crippen LogP contribution in [0.5, 0.6) is 0 Å². The fraction of sp³-hybridized carbons (Fsp3) is 0.667. The van der Waals surface area contributed by atoms with Crippen LogP contribution in [0.25, 0.3) is 0 Å². The molecule has 0 radical (unpaired) electrons. The first-order valence-corrected chi connectivity index (χ1v) is 6.96. The quantitative estimate of drug-likeness (QED) is 0.919. The van der Waals surface area contributed by atoms with Crippen molar-refractivity contribution < 1.29 is 9.53 Å². The van der Waals surface area contributed by atoms with Gasteiger partial charge in [0.25, 0.3) is 0 Å². The Bertz CT molecular complexity index is 427. The summed E-state index contributed by atoms with van der Waals surface area (Å²) in [5.41, 5.74) is 0.954. The number of halogens is 1. The smallest absolute Gasteiger partial charge is 0.242 e. The Morgan fingerprint density at radius 2 is 2.56 bits per heavy atom. The van der Waals surface area contributed by atoms with Gasteiger partial charge in [-0.15, -0.1) is 0 Å². The molecule has 2 rings (SSSR count). The van der Waals surface area contributed by atoms with E-state index in [0.29, 0.717) is 0 Å². The van der Waals surface area contributed by atoms with Crippen molar-refractivity contribution in [3.05, 3.63) is 16.4 Å². The van der Waals surface area contributed by atoms with E-state index in [1.165, 1.54) is 0 Å². The average Bonchev–Trinajstić information content (AvgIpc) is 2.94. The molecule has 2 heterocycles. The van der Waals surface area contributed by atoms with Crippen molar-refractivity contribution in [3.8, 4) is 0 Å². The molecule has 0 spiro atoms. The van der Waals surface area contributed by atoms with Crippen molar-refractivity contribution in [1.82, 2.24) is 15.1 Å². The van der Waals surface area contributed by atoms with E-state index in [9.17, 15) is 4.79 Å². The van der Waals surface area contributed by atoms with Gasteiger partial charge in [-0.25, -0.2) is 0 Å². The van der Waals surface area contributed by atoms with Crippen LogP contribution in [0.3, 0.4) is 0 Å². The molecule has 100 valence electrons. The summed E-state index contributed by atoms with van der Waals surface area (Å²) in [5, 5.41) is 7.10. The van der Waals surface area contributed by atoms with Crippen LogP contribution < -0.4 is 5.32 Å². The molecule has 1 aromatic heterocycles. The lowest BCUT2D eigenvalue weighted by Gasteiger charge is -2.20. The van der Waals surface area contributed by atoms with Crippen LogP contribution in [-0.2, 0) is 16.1 Å². The van der Waals surface area contributed by atoms with Gasteiger partial charge in [0, 0.05) is 6.61 Å². The zero-order valence-corrected chi connectivity index (χ0v) is 12.2. The second-order valence-electron chi connectivity index (χ2n) is 4.64. The molecule has 2 atom stereocenters. The molecular formula is C12H18BrN3O2. The van der Waals surface area contributed by atoms with E-state index >= 15 is 0 Å². The highest BCUT2D eigenvalue weighted by atomic mass is 79.9. The third kappa shape index (κ3) is 3.11. The van der Waals surface area contributed by atoms with Crippen molar-refractivity contribution in [1.29, 1.82) is 0 Å². The number of aromatic nitrogens is 2. The zero-order valence-electron chi connectivity index (χ0n) is 10.6. The van der Waals surface area contributed by atoms with Gasteiger partial charge < -0.3 is 10.1 Å². The van der Waals surface area contributed by atoms with E-state index in [-0.39, 0.29) is 24.6 Å². The summed E-state index contributed by atoms with van der Waals surface area (Å²) in [6.45, 7) is 4.96. The first kappa shape index (κ1) is 13.5. The average molecular weight is 316 g/mol. The summed E-state index contributed by atoms with van der Waals surface area (Å²) < 4.78 is 8.15. The summed E-state index contributed by atoms with van der Waals surface area (Å²) in [5.74, 6) is -0.0308. The number of carbonyl (C=O) groups is 1. The van der Waals surface area contributed by atoms with Crippen LogP contribution in [0.2, 0.25) is 0 Å². The van der Waals surface area contributed by atoms with Crippen molar-refractivity contribution in [3.63, 3.8) is 0 Å². The lowest BCUT2D eigenvalue weighted by molar-refractivity contribution is -0.123. The molecule has 1 aromatic rings. The third-order valence-electron chi connectivity index (χ3n) is 3.25. The van der Waals surface area contributed by atoms with Gasteiger partial charge in [0.15, 0.2) is 0 Å². The Hall–Kier alpha value is -0.880. The van der Waals surface area contributed by atoms with Gasteiger partial charge >= 0.3 is 0 Å². The standard InChI is InChI=1S/C12H18BrN3O2/c1-8(11-4-3-5-18-11)15-12(17)7-16-9(2)10(13)6-14-16/h6,8,11H,3-5,7H2,1-2H3,(H,15,17)/t8-,11-/m0/s1. The first-order chi connectivity index (χ1) is 8.58. The fourth-order valence-electron chi connectivity index (χ4n) is 2.11. The van der Waals surface area contributed by atoms with E-state index in [1.54, 1.807) is 10.9 Å². The number of amides is 1. The minimum absolute atomic E-state index is 0.0308. The van der Waals surface area contributed by atoms with Gasteiger partial charge in [-0.3, -0.25) is 9.48 Å². The van der Waals surface area contributed by atoms with Gasteiger partial charge in [0.1, 0.15) is 6.54 Å². The van der Waals surface area contributed by atoms with Crippen molar-refractivity contribution >= 4 is 21.8 Å². The lowest BCUT2D eigenvalue weighted by atomic mass is 10.1. The molecule has 1 fully saturated rings. The van der Waals surface area contributed by atoms with E-state index in [4.69, 9.17) is 4.74 Å². The minimum Gasteiger partial charge on any atom is -0.376 e. The number of hydrogen-bond acceptors (Lipinski definition) is 3. The van der Waals surface area contributed by atoms with E-state index < -0.39 is 0 Å². The van der Waals surface area contributed by atoms with Crippen LogP contribution in [0.1, 0.15) is 25.5 Å². The molecule has 1 aliphatic rings. The maximum atomic E-state index is 11.9. The normalized spacial score (nSPS) is 20.9. The monoisotopic (exact) mass is 315 g/mol. The molecule has 0 saturated carbocycles. The third-order valence-corrected chi connectivity index (χ3v) is 4.03. The molecule has 1 N–H and O–H groups in total. The number of carbonyl (C=O) groups excluding carboxylic acids is 1. The lowest BCUT2D eigenvalue weighted by Crippen LogP contribution is -2.42. The molecular weight excluding hydrogens is 298 g/mol. The van der Waals surface area contributed by atoms with Crippen molar-refractivity contribution in [2.75, 3.05) is 6.61 Å². The van der Waals surface area contributed by atoms with E-state index in [1.807, 2.05) is 13.8 Å². The number of rotatable bonds is 4. The second-order valence-corrected chi connectivity index (χ2v) is 5.50. The van der Waals surface area contributed by atoms with Crippen LogP contribution >= 0.6 is 15.9 Å². The summed E-state index contributed by atoms with van der Waals surface area (Å²) in [7, 11) is 0. The fourth-order valence-corrected chi connectivity index (χ4v) is 2.40. The predicted octanol–water partition coefficient (Wildman–Crippen LogP) is 1.64. The van der Waals surface area contributed by atoms with E-state index in [2.05, 4.69) is 26.3 Å². The Morgan fingerprint density at radius 3 is 3.11 bits per heavy atom. The highest BCUT2D eigenvalue weighted by molar-refractivity contribution is 9.10. The number of nitrogens with zero attached hydrogens (tertiary/aromatic N) is 2.